The van der Waals surface area contributed by atoms with Gasteiger partial charge in [-0.2, -0.15) is 13.2 Å². The topological polar surface area (TPSA) is 29.5 Å². The highest BCUT2D eigenvalue weighted by Crippen LogP contribution is 2.34. The Labute approximate surface area is 129 Å². The molecule has 1 aromatic carbocycles. The number of hydrogen-bond acceptors (Lipinski definition) is 2. The number of anilines is 1. The summed E-state index contributed by atoms with van der Waals surface area (Å²) in [5.41, 5.74) is 2.77. The third-order valence-electron chi connectivity index (χ3n) is 3.32. The van der Waals surface area contributed by atoms with Gasteiger partial charge in [-0.05, 0) is 23.6 Å². The van der Waals surface area contributed by atoms with Crippen LogP contribution in [0.2, 0.25) is 0 Å². The first-order chi connectivity index (χ1) is 9.78. The number of likely N-dealkylation sites (N-methyl/N-ethyl adjacent to an activating group) is 1. The molecule has 0 saturated heterocycles. The Morgan fingerprint density at radius 2 is 2.14 bits per heavy atom. The lowest BCUT2D eigenvalue weighted by molar-refractivity contribution is -0.174. The molecule has 1 aliphatic heterocycles. The molecule has 1 aliphatic rings. The molecule has 0 bridgehead atoms. The molecule has 0 radical (unpaired) electrons. The second kappa shape index (κ2) is 6.36. The third kappa shape index (κ3) is 4.20. The van der Waals surface area contributed by atoms with Crippen molar-refractivity contribution in [1.82, 2.24) is 0 Å². The Balaban J connectivity index is 1.91. The van der Waals surface area contributed by atoms with Crippen molar-refractivity contribution in [3.8, 4) is 0 Å². The fourth-order valence-corrected chi connectivity index (χ4v) is 2.70. The molecule has 7 heteroatoms. The van der Waals surface area contributed by atoms with Crippen LogP contribution in [-0.2, 0) is 16.0 Å². The second-order valence-corrected chi connectivity index (χ2v) is 6.05. The van der Waals surface area contributed by atoms with Gasteiger partial charge in [-0.15, -0.1) is 0 Å². The Hall–Kier alpha value is -1.08. The van der Waals surface area contributed by atoms with Crippen molar-refractivity contribution in [2.45, 2.75) is 23.8 Å². The Bertz CT molecular complexity index is 533. The summed E-state index contributed by atoms with van der Waals surface area (Å²) in [6, 6.07) is 5.65. The lowest BCUT2D eigenvalue weighted by atomic mass is 10.0. The van der Waals surface area contributed by atoms with Crippen LogP contribution in [0.3, 0.4) is 0 Å². The van der Waals surface area contributed by atoms with E-state index >= 15 is 0 Å². The largest absolute Gasteiger partial charge is 0.411 e. The Morgan fingerprint density at radius 1 is 1.43 bits per heavy atom. The third-order valence-corrected chi connectivity index (χ3v) is 4.31. The summed E-state index contributed by atoms with van der Waals surface area (Å²) in [6.45, 7) is -1.21. The summed E-state index contributed by atoms with van der Waals surface area (Å²) in [5.74, 6) is 0.0433. The molecule has 1 aromatic rings. The van der Waals surface area contributed by atoms with Gasteiger partial charge < -0.3 is 9.64 Å². The van der Waals surface area contributed by atoms with Crippen LogP contribution in [0.5, 0.6) is 0 Å². The predicted octanol–water partition coefficient (Wildman–Crippen LogP) is 3.61. The van der Waals surface area contributed by atoms with Crippen LogP contribution in [0, 0.1) is 0 Å². The molecular weight excluding hydrogens is 351 g/mol. The van der Waals surface area contributed by atoms with E-state index in [4.69, 9.17) is 0 Å². The van der Waals surface area contributed by atoms with Crippen LogP contribution in [0.4, 0.5) is 18.9 Å². The van der Waals surface area contributed by atoms with Crippen LogP contribution in [0.25, 0.3) is 0 Å². The SMILES string of the molecule is CN1C(=O)Cc2cc(C(Br)CCOCC(F)(F)F)ccc21. The highest BCUT2D eigenvalue weighted by molar-refractivity contribution is 9.09. The van der Waals surface area contributed by atoms with Gasteiger partial charge in [0.2, 0.25) is 5.91 Å². The van der Waals surface area contributed by atoms with E-state index in [1.807, 2.05) is 18.2 Å². The van der Waals surface area contributed by atoms with E-state index in [-0.39, 0.29) is 17.3 Å². The van der Waals surface area contributed by atoms with Crippen LogP contribution < -0.4 is 4.90 Å². The van der Waals surface area contributed by atoms with Gasteiger partial charge in [0.1, 0.15) is 6.61 Å². The lowest BCUT2D eigenvalue weighted by Crippen LogP contribution is -2.20. The first-order valence-corrected chi connectivity index (χ1v) is 7.37. The van der Waals surface area contributed by atoms with Crippen LogP contribution in [0.1, 0.15) is 22.4 Å². The fourth-order valence-electron chi connectivity index (χ4n) is 2.23. The van der Waals surface area contributed by atoms with Gasteiger partial charge in [0.25, 0.3) is 0 Å². The summed E-state index contributed by atoms with van der Waals surface area (Å²) in [5, 5.41) is 0. The highest BCUT2D eigenvalue weighted by atomic mass is 79.9. The first-order valence-electron chi connectivity index (χ1n) is 6.46. The Kier molecular flexibility index (Phi) is 4.93. The zero-order valence-corrected chi connectivity index (χ0v) is 13.0. The lowest BCUT2D eigenvalue weighted by Gasteiger charge is -2.14. The Morgan fingerprint density at radius 3 is 2.81 bits per heavy atom. The van der Waals surface area contributed by atoms with E-state index in [0.29, 0.717) is 12.8 Å². The number of halogens is 4. The highest BCUT2D eigenvalue weighted by Gasteiger charge is 2.27. The molecule has 1 atom stereocenters. The second-order valence-electron chi connectivity index (χ2n) is 4.94. The number of amides is 1. The molecule has 3 nitrogen and oxygen atoms in total. The van der Waals surface area contributed by atoms with Gasteiger partial charge >= 0.3 is 6.18 Å². The van der Waals surface area contributed by atoms with Gasteiger partial charge in [0, 0.05) is 24.2 Å². The van der Waals surface area contributed by atoms with E-state index in [1.54, 1.807) is 11.9 Å². The number of alkyl halides is 4. The molecule has 0 saturated carbocycles. The van der Waals surface area contributed by atoms with Crippen molar-refractivity contribution in [2.75, 3.05) is 25.2 Å². The minimum atomic E-state index is -4.29. The fraction of sp³-hybridized carbons (Fsp3) is 0.500. The maximum Gasteiger partial charge on any atom is 0.411 e. The molecule has 21 heavy (non-hydrogen) atoms. The van der Waals surface area contributed by atoms with E-state index in [0.717, 1.165) is 16.8 Å². The van der Waals surface area contributed by atoms with Crippen molar-refractivity contribution in [1.29, 1.82) is 0 Å². The van der Waals surface area contributed by atoms with Crippen molar-refractivity contribution >= 4 is 27.5 Å². The number of fused-ring (bicyclic) bond motifs is 1. The van der Waals surface area contributed by atoms with E-state index in [9.17, 15) is 18.0 Å². The number of rotatable bonds is 5. The summed E-state index contributed by atoms with van der Waals surface area (Å²) in [4.78, 5) is 13.1. The molecule has 0 aromatic heterocycles. The summed E-state index contributed by atoms with van der Waals surface area (Å²) in [6.07, 6.45) is -3.50. The average Bonchev–Trinajstić information content (AvgIpc) is 2.68. The summed E-state index contributed by atoms with van der Waals surface area (Å²) in [7, 11) is 1.73. The molecule has 2 rings (SSSR count). The summed E-state index contributed by atoms with van der Waals surface area (Å²) >= 11 is 3.45. The normalized spacial score (nSPS) is 16.2. The molecule has 1 amide bonds. The minimum Gasteiger partial charge on any atom is -0.372 e. The zero-order valence-electron chi connectivity index (χ0n) is 11.4. The van der Waals surface area contributed by atoms with E-state index in [2.05, 4.69) is 20.7 Å². The maximum absolute atomic E-state index is 12.0. The molecule has 0 N–H and O–H groups in total. The molecule has 0 fully saturated rings. The number of ether oxygens (including phenoxy) is 1. The standard InChI is InChI=1S/C14H15BrF3NO2/c1-19-12-3-2-9(6-10(12)7-13(19)20)11(15)4-5-21-8-14(16,17)18/h2-3,6,11H,4-5,7-8H2,1H3. The number of benzene rings is 1. The number of nitrogens with zero attached hydrogens (tertiary/aromatic N) is 1. The van der Waals surface area contributed by atoms with Crippen LogP contribution in [0.15, 0.2) is 18.2 Å². The predicted molar refractivity (Wildman–Crippen MR) is 76.7 cm³/mol. The summed E-state index contributed by atoms with van der Waals surface area (Å²) < 4.78 is 40.5. The average molecular weight is 366 g/mol. The van der Waals surface area contributed by atoms with Gasteiger partial charge in [-0.25, -0.2) is 0 Å². The number of hydrogen-bond donors (Lipinski definition) is 0. The first kappa shape index (κ1) is 16.3. The molecular formula is C14H15BrF3NO2. The maximum atomic E-state index is 12.0. The monoisotopic (exact) mass is 365 g/mol. The number of carbonyl (C=O) groups excluding carboxylic acids is 1. The number of carbonyl (C=O) groups is 1. The molecule has 0 aliphatic carbocycles. The van der Waals surface area contributed by atoms with Crippen molar-refractivity contribution < 1.29 is 22.7 Å². The molecule has 1 unspecified atom stereocenters. The van der Waals surface area contributed by atoms with Crippen molar-refractivity contribution in [3.63, 3.8) is 0 Å². The van der Waals surface area contributed by atoms with Crippen LogP contribution in [-0.4, -0.2) is 32.3 Å². The molecule has 0 spiro atoms. The minimum absolute atomic E-state index is 0.0192. The van der Waals surface area contributed by atoms with Crippen molar-refractivity contribution in [2.24, 2.45) is 0 Å². The van der Waals surface area contributed by atoms with E-state index < -0.39 is 12.8 Å². The van der Waals surface area contributed by atoms with Gasteiger partial charge in [0.05, 0.1) is 6.42 Å². The quantitative estimate of drug-likeness (QED) is 0.589. The van der Waals surface area contributed by atoms with E-state index in [1.165, 1.54) is 0 Å². The van der Waals surface area contributed by atoms with Crippen molar-refractivity contribution in [3.05, 3.63) is 29.3 Å². The van der Waals surface area contributed by atoms with Gasteiger partial charge in [-0.1, -0.05) is 28.1 Å². The zero-order chi connectivity index (χ0) is 15.6. The smallest absolute Gasteiger partial charge is 0.372 e. The van der Waals surface area contributed by atoms with Gasteiger partial charge in [-0.3, -0.25) is 4.79 Å². The van der Waals surface area contributed by atoms with Crippen LogP contribution >= 0.6 is 15.9 Å². The molecule has 116 valence electrons. The van der Waals surface area contributed by atoms with Gasteiger partial charge in [0.15, 0.2) is 0 Å². The molecule has 1 heterocycles.